The molecule has 110 valence electrons. The lowest BCUT2D eigenvalue weighted by Crippen LogP contribution is -2.37. The molecule has 0 aromatic heterocycles. The summed E-state index contributed by atoms with van der Waals surface area (Å²) in [5, 5.41) is 10.3. The summed E-state index contributed by atoms with van der Waals surface area (Å²) in [6.45, 7) is 1.80. The van der Waals surface area contributed by atoms with Crippen LogP contribution in [0.4, 0.5) is 4.39 Å². The number of benzene rings is 1. The molecule has 4 heteroatoms. The van der Waals surface area contributed by atoms with Crippen molar-refractivity contribution in [1.29, 1.82) is 0 Å². The average molecular weight is 279 g/mol. The molecule has 1 aliphatic rings. The van der Waals surface area contributed by atoms with Crippen LogP contribution in [0.25, 0.3) is 0 Å². The summed E-state index contributed by atoms with van der Waals surface area (Å²) in [5.41, 5.74) is -0.359. The number of aliphatic hydroxyl groups is 1. The van der Waals surface area contributed by atoms with E-state index < -0.39 is 5.60 Å². The van der Waals surface area contributed by atoms with E-state index in [9.17, 15) is 14.3 Å². The van der Waals surface area contributed by atoms with Gasteiger partial charge in [-0.1, -0.05) is 31.0 Å². The molecule has 0 bridgehead atoms. The smallest absolute Gasteiger partial charge is 0.225 e. The van der Waals surface area contributed by atoms with Crippen molar-refractivity contribution in [2.45, 2.75) is 50.7 Å². The number of amides is 1. The molecule has 1 atom stereocenters. The molecule has 0 spiro atoms. The van der Waals surface area contributed by atoms with Crippen molar-refractivity contribution in [3.05, 3.63) is 35.6 Å². The summed E-state index contributed by atoms with van der Waals surface area (Å²) in [4.78, 5) is 13.8. The van der Waals surface area contributed by atoms with E-state index in [-0.39, 0.29) is 24.2 Å². The standard InChI is InChI=1S/C16H22FNO2/c1-12(13-7-3-4-8-14(13)17)18(2)15(19)11-16(20)9-5-6-10-16/h3-4,7-8,12,20H,5-6,9-11H2,1-2H3. The number of halogens is 1. The summed E-state index contributed by atoms with van der Waals surface area (Å²) in [5.74, 6) is -0.440. The highest BCUT2D eigenvalue weighted by Gasteiger charge is 2.35. The van der Waals surface area contributed by atoms with Gasteiger partial charge in [-0.15, -0.1) is 0 Å². The Morgan fingerprint density at radius 3 is 2.60 bits per heavy atom. The van der Waals surface area contributed by atoms with Gasteiger partial charge in [-0.3, -0.25) is 4.79 Å². The molecule has 1 amide bonds. The molecule has 0 heterocycles. The van der Waals surface area contributed by atoms with Gasteiger partial charge in [0, 0.05) is 12.6 Å². The Morgan fingerprint density at radius 1 is 1.40 bits per heavy atom. The first-order valence-electron chi connectivity index (χ1n) is 7.15. The monoisotopic (exact) mass is 279 g/mol. The van der Waals surface area contributed by atoms with Gasteiger partial charge in [0.1, 0.15) is 5.82 Å². The van der Waals surface area contributed by atoms with Crippen LogP contribution < -0.4 is 0 Å². The predicted octanol–water partition coefficient (Wildman–Crippen LogP) is 3.04. The van der Waals surface area contributed by atoms with E-state index in [1.165, 1.54) is 11.0 Å². The Labute approximate surface area is 119 Å². The molecule has 2 rings (SSSR count). The van der Waals surface area contributed by atoms with Gasteiger partial charge in [0.05, 0.1) is 18.1 Å². The van der Waals surface area contributed by atoms with Gasteiger partial charge in [-0.25, -0.2) is 4.39 Å². The number of carbonyl (C=O) groups is 1. The molecule has 1 saturated carbocycles. The van der Waals surface area contributed by atoms with Gasteiger partial charge in [0.2, 0.25) is 5.91 Å². The molecular weight excluding hydrogens is 257 g/mol. The molecule has 1 aliphatic carbocycles. The minimum atomic E-state index is -0.861. The number of hydrogen-bond acceptors (Lipinski definition) is 2. The zero-order chi connectivity index (χ0) is 14.8. The Morgan fingerprint density at radius 2 is 2.00 bits per heavy atom. The summed E-state index contributed by atoms with van der Waals surface area (Å²) >= 11 is 0. The molecular formula is C16H22FNO2. The molecule has 1 N–H and O–H groups in total. The third-order valence-electron chi connectivity index (χ3n) is 4.34. The number of rotatable bonds is 4. The summed E-state index contributed by atoms with van der Waals surface area (Å²) < 4.78 is 13.8. The van der Waals surface area contributed by atoms with Crippen molar-refractivity contribution in [1.82, 2.24) is 4.90 Å². The van der Waals surface area contributed by atoms with E-state index in [1.54, 1.807) is 32.2 Å². The molecule has 0 saturated heterocycles. The second kappa shape index (κ2) is 5.92. The van der Waals surface area contributed by atoms with Crippen molar-refractivity contribution in [3.63, 3.8) is 0 Å². The van der Waals surface area contributed by atoms with Crippen molar-refractivity contribution in [2.75, 3.05) is 7.05 Å². The lowest BCUT2D eigenvalue weighted by Gasteiger charge is -2.29. The zero-order valence-corrected chi connectivity index (χ0v) is 12.1. The van der Waals surface area contributed by atoms with E-state index in [0.29, 0.717) is 18.4 Å². The molecule has 1 aromatic carbocycles. The van der Waals surface area contributed by atoms with E-state index in [2.05, 4.69) is 0 Å². The number of hydrogen-bond donors (Lipinski definition) is 1. The molecule has 0 radical (unpaired) electrons. The Bertz CT molecular complexity index is 483. The van der Waals surface area contributed by atoms with Crippen LogP contribution in [0, 0.1) is 5.82 Å². The van der Waals surface area contributed by atoms with Gasteiger partial charge in [-0.05, 0) is 25.8 Å². The van der Waals surface area contributed by atoms with E-state index in [4.69, 9.17) is 0 Å². The first-order valence-corrected chi connectivity index (χ1v) is 7.15. The van der Waals surface area contributed by atoms with Crippen molar-refractivity contribution >= 4 is 5.91 Å². The highest BCUT2D eigenvalue weighted by atomic mass is 19.1. The Kier molecular flexibility index (Phi) is 4.43. The second-order valence-electron chi connectivity index (χ2n) is 5.81. The van der Waals surface area contributed by atoms with Crippen LogP contribution in [0.1, 0.15) is 50.6 Å². The van der Waals surface area contributed by atoms with Gasteiger partial charge in [0.15, 0.2) is 0 Å². The van der Waals surface area contributed by atoms with Crippen molar-refractivity contribution in [3.8, 4) is 0 Å². The highest BCUT2D eigenvalue weighted by molar-refractivity contribution is 5.77. The highest BCUT2D eigenvalue weighted by Crippen LogP contribution is 2.33. The maximum atomic E-state index is 13.8. The normalized spacial score (nSPS) is 18.8. The van der Waals surface area contributed by atoms with Crippen molar-refractivity contribution < 1.29 is 14.3 Å². The second-order valence-corrected chi connectivity index (χ2v) is 5.81. The molecule has 0 aliphatic heterocycles. The van der Waals surface area contributed by atoms with Crippen LogP contribution in [-0.2, 0) is 4.79 Å². The van der Waals surface area contributed by atoms with Crippen LogP contribution in [0.5, 0.6) is 0 Å². The summed E-state index contributed by atoms with van der Waals surface area (Å²) in [6.07, 6.45) is 3.43. The van der Waals surface area contributed by atoms with E-state index in [1.807, 2.05) is 0 Å². The topological polar surface area (TPSA) is 40.5 Å². The first kappa shape index (κ1) is 15.0. The van der Waals surface area contributed by atoms with Gasteiger partial charge < -0.3 is 10.0 Å². The van der Waals surface area contributed by atoms with E-state index >= 15 is 0 Å². The van der Waals surface area contributed by atoms with Crippen LogP contribution in [0.2, 0.25) is 0 Å². The number of carbonyl (C=O) groups excluding carboxylic acids is 1. The predicted molar refractivity (Wildman–Crippen MR) is 75.6 cm³/mol. The average Bonchev–Trinajstić information content (AvgIpc) is 2.84. The van der Waals surface area contributed by atoms with Crippen LogP contribution in [0.3, 0.4) is 0 Å². The van der Waals surface area contributed by atoms with Gasteiger partial charge >= 0.3 is 0 Å². The van der Waals surface area contributed by atoms with Crippen LogP contribution in [-0.4, -0.2) is 28.6 Å². The SMILES string of the molecule is CC(c1ccccc1F)N(C)C(=O)CC1(O)CCCC1. The first-order chi connectivity index (χ1) is 9.43. The van der Waals surface area contributed by atoms with Gasteiger partial charge in [0.25, 0.3) is 0 Å². The van der Waals surface area contributed by atoms with Crippen LogP contribution >= 0.6 is 0 Å². The zero-order valence-electron chi connectivity index (χ0n) is 12.1. The third kappa shape index (κ3) is 3.18. The molecule has 1 aromatic rings. The molecule has 20 heavy (non-hydrogen) atoms. The molecule has 1 fully saturated rings. The number of nitrogens with zero attached hydrogens (tertiary/aromatic N) is 1. The fraction of sp³-hybridized carbons (Fsp3) is 0.562. The van der Waals surface area contributed by atoms with Crippen molar-refractivity contribution in [2.24, 2.45) is 0 Å². The Balaban J connectivity index is 2.05. The third-order valence-corrected chi connectivity index (χ3v) is 4.34. The molecule has 3 nitrogen and oxygen atoms in total. The molecule has 1 unspecified atom stereocenters. The van der Waals surface area contributed by atoms with Gasteiger partial charge in [-0.2, -0.15) is 0 Å². The summed E-state index contributed by atoms with van der Waals surface area (Å²) in [6, 6.07) is 6.14. The quantitative estimate of drug-likeness (QED) is 0.920. The summed E-state index contributed by atoms with van der Waals surface area (Å²) in [7, 11) is 1.66. The van der Waals surface area contributed by atoms with Crippen LogP contribution in [0.15, 0.2) is 24.3 Å². The fourth-order valence-corrected chi connectivity index (χ4v) is 2.85. The minimum absolute atomic E-state index is 0.127. The lowest BCUT2D eigenvalue weighted by molar-refractivity contribution is -0.136. The minimum Gasteiger partial charge on any atom is -0.389 e. The lowest BCUT2D eigenvalue weighted by atomic mass is 9.96. The fourth-order valence-electron chi connectivity index (χ4n) is 2.85. The maximum absolute atomic E-state index is 13.8. The Hall–Kier alpha value is -1.42. The largest absolute Gasteiger partial charge is 0.389 e. The van der Waals surface area contributed by atoms with E-state index in [0.717, 1.165) is 12.8 Å². The maximum Gasteiger partial charge on any atom is 0.225 e.